The van der Waals surface area contributed by atoms with E-state index in [9.17, 15) is 0 Å². The smallest absolute Gasteiger partial charge is 0.184 e. The van der Waals surface area contributed by atoms with Crippen LogP contribution < -0.4 is 0 Å². The van der Waals surface area contributed by atoms with Crippen molar-refractivity contribution in [3.05, 3.63) is 35.9 Å². The van der Waals surface area contributed by atoms with Crippen molar-refractivity contribution >= 4 is 16.6 Å². The summed E-state index contributed by atoms with van der Waals surface area (Å²) in [5, 5.41) is 0. The lowest BCUT2D eigenvalue weighted by atomic mass is 9.95. The SMILES string of the molecule is C[Si](C)(C)OC1CN([Si](C)(C)C)C1c1ccccc1. The van der Waals surface area contributed by atoms with Crippen LogP contribution in [-0.4, -0.2) is 33.8 Å². The van der Waals surface area contributed by atoms with Crippen molar-refractivity contribution in [1.29, 1.82) is 0 Å². The highest BCUT2D eigenvalue weighted by Gasteiger charge is 2.47. The number of hydrogen-bond acceptors (Lipinski definition) is 2. The van der Waals surface area contributed by atoms with Gasteiger partial charge in [0.15, 0.2) is 8.32 Å². The fraction of sp³-hybridized carbons (Fsp3) is 0.600. The fourth-order valence-electron chi connectivity index (χ4n) is 2.76. The van der Waals surface area contributed by atoms with Crippen LogP contribution in [0, 0.1) is 0 Å². The Hall–Kier alpha value is -0.426. The topological polar surface area (TPSA) is 12.5 Å². The second kappa shape index (κ2) is 5.16. The maximum atomic E-state index is 6.39. The largest absolute Gasteiger partial charge is 0.412 e. The third-order valence-corrected chi connectivity index (χ3v) is 6.77. The number of rotatable bonds is 4. The molecule has 1 aromatic rings. The summed E-state index contributed by atoms with van der Waals surface area (Å²) in [5.74, 6) is 0. The van der Waals surface area contributed by atoms with Gasteiger partial charge in [-0.2, -0.15) is 0 Å². The number of hydrogen-bond donors (Lipinski definition) is 0. The highest BCUT2D eigenvalue weighted by atomic mass is 28.4. The third-order valence-electron chi connectivity index (χ3n) is 3.57. The Balaban J connectivity index is 2.21. The first-order chi connectivity index (χ1) is 8.68. The summed E-state index contributed by atoms with van der Waals surface area (Å²) in [6.07, 6.45) is 0.390. The molecule has 1 fully saturated rings. The standard InChI is InChI=1S/C15H27NOSi2/c1-18(2,3)16-12-14(17-19(4,5)6)15(16)13-10-8-7-9-11-13/h7-11,14-15H,12H2,1-6H3. The molecule has 0 bridgehead atoms. The van der Waals surface area contributed by atoms with E-state index in [2.05, 4.69) is 74.2 Å². The molecule has 0 spiro atoms. The predicted molar refractivity (Wildman–Crippen MR) is 87.5 cm³/mol. The molecule has 1 saturated heterocycles. The first-order valence-corrected chi connectivity index (χ1v) is 14.0. The van der Waals surface area contributed by atoms with Crippen LogP contribution >= 0.6 is 0 Å². The van der Waals surface area contributed by atoms with Gasteiger partial charge in [-0.1, -0.05) is 50.0 Å². The summed E-state index contributed by atoms with van der Waals surface area (Å²) >= 11 is 0. The van der Waals surface area contributed by atoms with Gasteiger partial charge in [0.2, 0.25) is 0 Å². The zero-order valence-electron chi connectivity index (χ0n) is 13.1. The van der Waals surface area contributed by atoms with Crippen LogP contribution in [0.1, 0.15) is 11.6 Å². The molecule has 106 valence electrons. The Kier molecular flexibility index (Phi) is 4.07. The predicted octanol–water partition coefficient (Wildman–Crippen LogP) is 4.10. The van der Waals surface area contributed by atoms with E-state index in [0.29, 0.717) is 12.1 Å². The van der Waals surface area contributed by atoms with E-state index in [1.165, 1.54) is 5.56 Å². The Labute approximate surface area is 120 Å². The molecular weight excluding hydrogens is 266 g/mol. The van der Waals surface area contributed by atoms with Crippen molar-refractivity contribution in [2.75, 3.05) is 6.54 Å². The Morgan fingerprint density at radius 2 is 1.58 bits per heavy atom. The van der Waals surface area contributed by atoms with E-state index >= 15 is 0 Å². The quantitative estimate of drug-likeness (QED) is 0.775. The van der Waals surface area contributed by atoms with Gasteiger partial charge in [0.05, 0.1) is 12.1 Å². The van der Waals surface area contributed by atoms with Crippen molar-refractivity contribution < 1.29 is 4.43 Å². The first kappa shape index (κ1) is 15.0. The molecule has 0 aliphatic carbocycles. The summed E-state index contributed by atoms with van der Waals surface area (Å²) < 4.78 is 9.07. The molecule has 0 radical (unpaired) electrons. The van der Waals surface area contributed by atoms with E-state index in [-0.39, 0.29) is 0 Å². The average molecular weight is 294 g/mol. The monoisotopic (exact) mass is 293 g/mol. The highest BCUT2D eigenvalue weighted by molar-refractivity contribution is 6.73. The van der Waals surface area contributed by atoms with Crippen LogP contribution in [0.4, 0.5) is 0 Å². The van der Waals surface area contributed by atoms with Gasteiger partial charge in [-0.25, -0.2) is 0 Å². The van der Waals surface area contributed by atoms with E-state index in [1.807, 2.05) is 0 Å². The molecule has 0 N–H and O–H groups in total. The zero-order chi connectivity index (χ0) is 14.3. The molecule has 1 aliphatic heterocycles. The molecule has 2 unspecified atom stereocenters. The maximum Gasteiger partial charge on any atom is 0.184 e. The number of benzene rings is 1. The van der Waals surface area contributed by atoms with E-state index in [0.717, 1.165) is 6.54 Å². The fourth-order valence-corrected chi connectivity index (χ4v) is 5.75. The van der Waals surface area contributed by atoms with E-state index in [4.69, 9.17) is 4.43 Å². The molecule has 2 nitrogen and oxygen atoms in total. The van der Waals surface area contributed by atoms with Crippen molar-refractivity contribution in [3.8, 4) is 0 Å². The van der Waals surface area contributed by atoms with Crippen molar-refractivity contribution in [1.82, 2.24) is 4.57 Å². The van der Waals surface area contributed by atoms with Gasteiger partial charge in [-0.3, -0.25) is 0 Å². The summed E-state index contributed by atoms with van der Waals surface area (Å²) in [7, 11) is -2.73. The van der Waals surface area contributed by atoms with Crippen molar-refractivity contribution in [3.63, 3.8) is 0 Å². The molecule has 19 heavy (non-hydrogen) atoms. The molecule has 1 aromatic carbocycles. The zero-order valence-corrected chi connectivity index (χ0v) is 15.1. The molecule has 2 rings (SSSR count). The van der Waals surface area contributed by atoms with Crippen LogP contribution in [0.3, 0.4) is 0 Å². The average Bonchev–Trinajstić information content (AvgIpc) is 2.22. The van der Waals surface area contributed by atoms with E-state index < -0.39 is 16.6 Å². The van der Waals surface area contributed by atoms with Gasteiger partial charge in [-0.05, 0) is 25.2 Å². The molecule has 4 heteroatoms. The third kappa shape index (κ3) is 3.57. The Morgan fingerprint density at radius 1 is 1.00 bits per heavy atom. The van der Waals surface area contributed by atoms with Crippen molar-refractivity contribution in [2.45, 2.75) is 51.4 Å². The van der Waals surface area contributed by atoms with Gasteiger partial charge in [0, 0.05) is 6.54 Å². The number of nitrogens with zero attached hydrogens (tertiary/aromatic N) is 1. The van der Waals surface area contributed by atoms with E-state index in [1.54, 1.807) is 0 Å². The van der Waals surface area contributed by atoms with Gasteiger partial charge in [0.1, 0.15) is 8.24 Å². The lowest BCUT2D eigenvalue weighted by molar-refractivity contribution is -0.00303. The normalized spacial score (nSPS) is 25.2. The van der Waals surface area contributed by atoms with Gasteiger partial charge in [-0.15, -0.1) is 0 Å². The first-order valence-electron chi connectivity index (χ1n) is 7.18. The lowest BCUT2D eigenvalue weighted by Gasteiger charge is -2.55. The van der Waals surface area contributed by atoms with Gasteiger partial charge < -0.3 is 8.99 Å². The van der Waals surface area contributed by atoms with Gasteiger partial charge >= 0.3 is 0 Å². The lowest BCUT2D eigenvalue weighted by Crippen LogP contribution is -2.65. The minimum Gasteiger partial charge on any atom is -0.412 e. The van der Waals surface area contributed by atoms with Crippen LogP contribution in [0.5, 0.6) is 0 Å². The molecule has 0 saturated carbocycles. The minimum atomic E-state index is -1.46. The van der Waals surface area contributed by atoms with Crippen LogP contribution in [-0.2, 0) is 4.43 Å². The molecule has 1 heterocycles. The molecular formula is C15H27NOSi2. The summed E-state index contributed by atoms with van der Waals surface area (Å²) in [6.45, 7) is 15.2. The summed E-state index contributed by atoms with van der Waals surface area (Å²) in [5.41, 5.74) is 1.42. The maximum absolute atomic E-state index is 6.39. The van der Waals surface area contributed by atoms with Crippen LogP contribution in [0.15, 0.2) is 30.3 Å². The highest BCUT2D eigenvalue weighted by Crippen LogP contribution is 2.40. The molecule has 1 aliphatic rings. The molecule has 0 aromatic heterocycles. The Morgan fingerprint density at radius 3 is 2.05 bits per heavy atom. The molecule has 2 atom stereocenters. The van der Waals surface area contributed by atoms with Crippen molar-refractivity contribution in [2.24, 2.45) is 0 Å². The summed E-state index contributed by atoms with van der Waals surface area (Å²) in [6, 6.07) is 11.3. The second-order valence-electron chi connectivity index (χ2n) is 7.45. The molecule has 0 amide bonds. The second-order valence-corrected chi connectivity index (χ2v) is 16.8. The minimum absolute atomic E-state index is 0.390. The van der Waals surface area contributed by atoms with Crippen LogP contribution in [0.25, 0.3) is 0 Å². The van der Waals surface area contributed by atoms with Gasteiger partial charge in [0.25, 0.3) is 0 Å². The Bertz CT molecular complexity index is 422. The van der Waals surface area contributed by atoms with Crippen LogP contribution in [0.2, 0.25) is 39.3 Å². The summed E-state index contributed by atoms with van der Waals surface area (Å²) in [4.78, 5) is 0.